The number of hydrogen-bond donors (Lipinski definition) is 1. The Hall–Kier alpha value is -3.40. The third-order valence-corrected chi connectivity index (χ3v) is 6.06. The maximum absolute atomic E-state index is 13.2. The molecule has 0 unspecified atom stereocenters. The monoisotopic (exact) mass is 412 g/mol. The first kappa shape index (κ1) is 20.9. The van der Waals surface area contributed by atoms with Gasteiger partial charge in [0.15, 0.2) is 0 Å². The summed E-state index contributed by atoms with van der Waals surface area (Å²) < 4.78 is 0. The summed E-state index contributed by atoms with van der Waals surface area (Å²) in [5, 5.41) is 3.02. The maximum Gasteiger partial charge on any atom is 0.253 e. The quantitative estimate of drug-likeness (QED) is 0.645. The van der Waals surface area contributed by atoms with Gasteiger partial charge in [-0.3, -0.25) is 9.59 Å². The number of benzene rings is 3. The number of nitrogens with one attached hydrogen (secondary N) is 1. The van der Waals surface area contributed by atoms with Gasteiger partial charge in [-0.1, -0.05) is 72.8 Å². The molecule has 158 valence electrons. The zero-order valence-corrected chi connectivity index (χ0v) is 17.9. The number of hydrogen-bond acceptors (Lipinski definition) is 2. The van der Waals surface area contributed by atoms with Crippen molar-refractivity contribution in [2.75, 3.05) is 19.6 Å². The molecule has 1 saturated heterocycles. The van der Waals surface area contributed by atoms with Crippen LogP contribution in [-0.2, 0) is 11.2 Å². The highest BCUT2D eigenvalue weighted by Gasteiger charge is 2.45. The van der Waals surface area contributed by atoms with Crippen LogP contribution in [0.2, 0.25) is 0 Å². The Bertz CT molecular complexity index is 1050. The average Bonchev–Trinajstić information content (AvgIpc) is 3.25. The SMILES string of the molecule is CCNC(=O)[C@@]1(Cc2cccc(-c3ccccc3)c2)CCN(C(=O)c2ccccc2)C1. The van der Waals surface area contributed by atoms with Crippen LogP contribution in [0.25, 0.3) is 11.1 Å². The van der Waals surface area contributed by atoms with E-state index in [0.29, 0.717) is 38.0 Å². The van der Waals surface area contributed by atoms with Gasteiger partial charge in [0.1, 0.15) is 0 Å². The molecule has 1 aliphatic heterocycles. The number of likely N-dealkylation sites (tertiary alicyclic amines) is 1. The molecule has 4 nitrogen and oxygen atoms in total. The second-order valence-corrected chi connectivity index (χ2v) is 8.23. The molecule has 3 aromatic carbocycles. The zero-order valence-electron chi connectivity index (χ0n) is 17.9. The van der Waals surface area contributed by atoms with Gasteiger partial charge in [-0.15, -0.1) is 0 Å². The molecule has 3 aromatic rings. The lowest BCUT2D eigenvalue weighted by Crippen LogP contribution is -2.45. The molecule has 0 spiro atoms. The third kappa shape index (κ3) is 4.53. The first-order valence-electron chi connectivity index (χ1n) is 10.9. The van der Waals surface area contributed by atoms with E-state index in [1.54, 1.807) is 0 Å². The number of amides is 2. The number of nitrogens with zero attached hydrogens (tertiary/aromatic N) is 1. The van der Waals surface area contributed by atoms with E-state index in [4.69, 9.17) is 0 Å². The van der Waals surface area contributed by atoms with E-state index in [1.165, 1.54) is 0 Å². The molecule has 1 atom stereocenters. The summed E-state index contributed by atoms with van der Waals surface area (Å²) in [7, 11) is 0. The van der Waals surface area contributed by atoms with Gasteiger partial charge < -0.3 is 10.2 Å². The summed E-state index contributed by atoms with van der Waals surface area (Å²) in [6.07, 6.45) is 1.27. The molecule has 1 heterocycles. The molecular weight excluding hydrogens is 384 g/mol. The number of carbonyl (C=O) groups is 2. The van der Waals surface area contributed by atoms with E-state index >= 15 is 0 Å². The highest BCUT2D eigenvalue weighted by atomic mass is 16.2. The van der Waals surface area contributed by atoms with Crippen molar-refractivity contribution in [2.45, 2.75) is 19.8 Å². The highest BCUT2D eigenvalue weighted by Crippen LogP contribution is 2.36. The van der Waals surface area contributed by atoms with Crippen LogP contribution in [0.5, 0.6) is 0 Å². The molecule has 4 heteroatoms. The van der Waals surface area contributed by atoms with Crippen LogP contribution in [0.15, 0.2) is 84.9 Å². The lowest BCUT2D eigenvalue weighted by molar-refractivity contribution is -0.130. The highest BCUT2D eigenvalue weighted by molar-refractivity contribution is 5.95. The zero-order chi connectivity index (χ0) is 21.7. The van der Waals surface area contributed by atoms with Crippen LogP contribution in [-0.4, -0.2) is 36.3 Å². The van der Waals surface area contributed by atoms with Gasteiger partial charge >= 0.3 is 0 Å². The maximum atomic E-state index is 13.2. The lowest BCUT2D eigenvalue weighted by Gasteiger charge is -2.28. The third-order valence-electron chi connectivity index (χ3n) is 6.06. The normalized spacial score (nSPS) is 18.0. The molecule has 0 bridgehead atoms. The van der Waals surface area contributed by atoms with E-state index in [9.17, 15) is 9.59 Å². The van der Waals surface area contributed by atoms with Crippen molar-refractivity contribution in [3.63, 3.8) is 0 Å². The molecule has 0 aromatic heterocycles. The van der Waals surface area contributed by atoms with Crippen LogP contribution in [0.3, 0.4) is 0 Å². The van der Waals surface area contributed by atoms with Gasteiger partial charge in [-0.2, -0.15) is 0 Å². The summed E-state index contributed by atoms with van der Waals surface area (Å²) in [6.45, 7) is 3.53. The smallest absolute Gasteiger partial charge is 0.253 e. The summed E-state index contributed by atoms with van der Waals surface area (Å²) in [5.74, 6) is 0.0216. The fourth-order valence-corrected chi connectivity index (χ4v) is 4.45. The minimum Gasteiger partial charge on any atom is -0.356 e. The molecule has 0 saturated carbocycles. The van der Waals surface area contributed by atoms with Crippen LogP contribution < -0.4 is 5.32 Å². The van der Waals surface area contributed by atoms with Crippen molar-refractivity contribution in [1.29, 1.82) is 0 Å². The standard InChI is InChI=1S/C27H28N2O2/c1-2-28-26(31)27(16-17-29(20-27)25(30)23-13-7-4-8-14-23)19-21-10-9-15-24(18-21)22-11-5-3-6-12-22/h3-15,18H,2,16-17,19-20H2,1H3,(H,28,31)/t27-/m1/s1. The van der Waals surface area contributed by atoms with Crippen LogP contribution in [0, 0.1) is 5.41 Å². The molecule has 2 amide bonds. The lowest BCUT2D eigenvalue weighted by atomic mass is 9.79. The Morgan fingerprint density at radius 3 is 2.29 bits per heavy atom. The van der Waals surface area contributed by atoms with Gasteiger partial charge in [0.05, 0.1) is 5.41 Å². The molecule has 1 aliphatic rings. The predicted octanol–water partition coefficient (Wildman–Crippen LogP) is 4.56. The Kier molecular flexibility index (Phi) is 6.17. The molecular formula is C27H28N2O2. The fourth-order valence-electron chi connectivity index (χ4n) is 4.45. The average molecular weight is 413 g/mol. The summed E-state index contributed by atoms with van der Waals surface area (Å²) in [5.41, 5.74) is 3.46. The van der Waals surface area contributed by atoms with Gasteiger partial charge in [0.2, 0.25) is 5.91 Å². The number of rotatable bonds is 6. The van der Waals surface area contributed by atoms with Crippen molar-refractivity contribution in [3.05, 3.63) is 96.1 Å². The van der Waals surface area contributed by atoms with Crippen LogP contribution in [0.1, 0.15) is 29.3 Å². The summed E-state index contributed by atoms with van der Waals surface area (Å²) in [6, 6.07) is 27.9. The van der Waals surface area contributed by atoms with Gasteiger partial charge in [-0.25, -0.2) is 0 Å². The molecule has 1 fully saturated rings. The predicted molar refractivity (Wildman–Crippen MR) is 124 cm³/mol. The fraction of sp³-hybridized carbons (Fsp3) is 0.259. The van der Waals surface area contributed by atoms with E-state index < -0.39 is 5.41 Å². The van der Waals surface area contributed by atoms with E-state index in [1.807, 2.05) is 66.4 Å². The van der Waals surface area contributed by atoms with Gasteiger partial charge in [0.25, 0.3) is 5.91 Å². The minimum absolute atomic E-state index is 0.00944. The van der Waals surface area contributed by atoms with Crippen molar-refractivity contribution >= 4 is 11.8 Å². The van der Waals surface area contributed by atoms with E-state index in [2.05, 4.69) is 35.6 Å². The van der Waals surface area contributed by atoms with Crippen LogP contribution >= 0.6 is 0 Å². The Morgan fingerprint density at radius 1 is 0.903 bits per heavy atom. The van der Waals surface area contributed by atoms with Crippen molar-refractivity contribution in [2.24, 2.45) is 5.41 Å². The van der Waals surface area contributed by atoms with Gasteiger partial charge in [0, 0.05) is 25.2 Å². The van der Waals surface area contributed by atoms with Crippen LogP contribution in [0.4, 0.5) is 0 Å². The minimum atomic E-state index is -0.615. The summed E-state index contributed by atoms with van der Waals surface area (Å²) in [4.78, 5) is 28.0. The molecule has 0 radical (unpaired) electrons. The summed E-state index contributed by atoms with van der Waals surface area (Å²) >= 11 is 0. The molecule has 0 aliphatic carbocycles. The van der Waals surface area contributed by atoms with Gasteiger partial charge in [-0.05, 0) is 48.6 Å². The largest absolute Gasteiger partial charge is 0.356 e. The second kappa shape index (κ2) is 9.17. The van der Waals surface area contributed by atoms with Crippen molar-refractivity contribution in [3.8, 4) is 11.1 Å². The number of carbonyl (C=O) groups excluding carboxylic acids is 2. The van der Waals surface area contributed by atoms with E-state index in [-0.39, 0.29) is 11.8 Å². The first-order chi connectivity index (χ1) is 15.1. The molecule has 31 heavy (non-hydrogen) atoms. The second-order valence-electron chi connectivity index (χ2n) is 8.23. The Labute approximate surface area is 183 Å². The Morgan fingerprint density at radius 2 is 1.58 bits per heavy atom. The van der Waals surface area contributed by atoms with Crippen molar-refractivity contribution in [1.82, 2.24) is 10.2 Å². The molecule has 1 N–H and O–H groups in total. The Balaban J connectivity index is 1.59. The molecule has 4 rings (SSSR count). The van der Waals surface area contributed by atoms with E-state index in [0.717, 1.165) is 16.7 Å². The topological polar surface area (TPSA) is 49.4 Å². The first-order valence-corrected chi connectivity index (χ1v) is 10.9. The van der Waals surface area contributed by atoms with Crippen molar-refractivity contribution < 1.29 is 9.59 Å².